The Morgan fingerprint density at radius 2 is 1.91 bits per heavy atom. The Kier molecular flexibility index (Phi) is 4.98. The van der Waals surface area contributed by atoms with Gasteiger partial charge in [-0.05, 0) is 55.6 Å². The van der Waals surface area contributed by atoms with E-state index in [2.05, 4.69) is 0 Å². The molecule has 0 radical (unpaired) electrons. The third kappa shape index (κ3) is 2.82. The molecule has 0 amide bonds. The van der Waals surface area contributed by atoms with Gasteiger partial charge in [-0.15, -0.1) is 0 Å². The molecule has 4 saturated carbocycles. The van der Waals surface area contributed by atoms with Crippen LogP contribution in [0.1, 0.15) is 70.3 Å². The van der Waals surface area contributed by atoms with Gasteiger partial charge in [-0.1, -0.05) is 6.92 Å². The predicted molar refractivity (Wildman–Crippen MR) is 120 cm³/mol. The van der Waals surface area contributed by atoms with Crippen molar-refractivity contribution in [1.82, 2.24) is 0 Å². The van der Waals surface area contributed by atoms with Gasteiger partial charge in [0.2, 0.25) is 0 Å². The summed E-state index contributed by atoms with van der Waals surface area (Å²) in [5.41, 5.74) is -4.15. The highest BCUT2D eigenvalue weighted by molar-refractivity contribution is 5.66. The van der Waals surface area contributed by atoms with E-state index in [-0.39, 0.29) is 31.1 Å². The molecule has 1 aliphatic heterocycles. The molecule has 1 aromatic heterocycles. The van der Waals surface area contributed by atoms with Crippen LogP contribution in [0.3, 0.4) is 0 Å². The smallest absolute Gasteiger partial charge is 0.335 e. The summed E-state index contributed by atoms with van der Waals surface area (Å²) in [4.78, 5) is 23.6. The summed E-state index contributed by atoms with van der Waals surface area (Å²) in [6.45, 7) is 3.32. The second kappa shape index (κ2) is 7.38. The average Bonchev–Trinajstić information content (AvgIpc) is 3.21. The summed E-state index contributed by atoms with van der Waals surface area (Å²) < 4.78 is 17.0. The first kappa shape index (κ1) is 23.6. The van der Waals surface area contributed by atoms with E-state index >= 15 is 0 Å². The Bertz CT molecular complexity index is 1080. The van der Waals surface area contributed by atoms with E-state index < -0.39 is 64.1 Å². The van der Waals surface area contributed by atoms with E-state index in [0.29, 0.717) is 25.7 Å². The van der Waals surface area contributed by atoms with Gasteiger partial charge in [-0.3, -0.25) is 4.79 Å². The van der Waals surface area contributed by atoms with Crippen molar-refractivity contribution in [3.05, 3.63) is 34.4 Å². The molecule has 1 saturated heterocycles. The molecular formula is C26H34O9. The number of aliphatic hydroxyl groups excluding tert-OH is 2. The van der Waals surface area contributed by atoms with Gasteiger partial charge in [0.05, 0.1) is 35.1 Å². The number of hydrogen-bond acceptors (Lipinski definition) is 9. The van der Waals surface area contributed by atoms with Crippen LogP contribution >= 0.6 is 0 Å². The number of ether oxygens (including phenoxy) is 2. The molecule has 9 nitrogen and oxygen atoms in total. The molecule has 0 aromatic carbocycles. The van der Waals surface area contributed by atoms with E-state index in [1.807, 2.05) is 6.92 Å². The summed E-state index contributed by atoms with van der Waals surface area (Å²) in [7, 11) is 0. The van der Waals surface area contributed by atoms with Crippen molar-refractivity contribution >= 4 is 5.97 Å². The highest BCUT2D eigenvalue weighted by atomic mass is 16.6. The Morgan fingerprint density at radius 3 is 2.60 bits per heavy atom. The SMILES string of the molecule is CC(=O)O[C@@H]1C[C@H](O)C[C@@]2(O)CC[C@@H]3[C@@H]4[C@@H](C[C@]5(C)[C@@H](c6ccc(=O)oc6)CC[C@]35O)OC(O)[C@]412. The van der Waals surface area contributed by atoms with Crippen molar-refractivity contribution in [3.8, 4) is 0 Å². The van der Waals surface area contributed by atoms with Gasteiger partial charge in [-0.2, -0.15) is 0 Å². The van der Waals surface area contributed by atoms with E-state index in [0.717, 1.165) is 5.56 Å². The van der Waals surface area contributed by atoms with Crippen LogP contribution in [0.25, 0.3) is 0 Å². The lowest BCUT2D eigenvalue weighted by atomic mass is 9.41. The number of fused-ring (bicyclic) bond motifs is 2. The maximum absolute atomic E-state index is 12.4. The number of carbonyl (C=O) groups excluding carboxylic acids is 1. The lowest BCUT2D eigenvalue weighted by molar-refractivity contribution is -0.304. The van der Waals surface area contributed by atoms with Gasteiger partial charge < -0.3 is 34.3 Å². The van der Waals surface area contributed by atoms with Crippen molar-refractivity contribution < 1.29 is 39.1 Å². The molecule has 4 N–H and O–H groups in total. The highest BCUT2D eigenvalue weighted by Crippen LogP contribution is 2.74. The Balaban J connectivity index is 1.46. The van der Waals surface area contributed by atoms with Crippen LogP contribution in [0.4, 0.5) is 0 Å². The molecule has 2 heterocycles. The molecule has 1 unspecified atom stereocenters. The summed E-state index contributed by atoms with van der Waals surface area (Å²) >= 11 is 0. The van der Waals surface area contributed by atoms with Crippen LogP contribution in [0.2, 0.25) is 0 Å². The largest absolute Gasteiger partial charge is 0.462 e. The Labute approximate surface area is 203 Å². The molecule has 1 aromatic rings. The summed E-state index contributed by atoms with van der Waals surface area (Å²) in [5, 5.41) is 46.4. The zero-order valence-electron chi connectivity index (χ0n) is 20.1. The third-order valence-electron chi connectivity index (χ3n) is 10.6. The summed E-state index contributed by atoms with van der Waals surface area (Å²) in [5.74, 6) is -1.38. The van der Waals surface area contributed by atoms with Gasteiger partial charge in [0.15, 0.2) is 6.29 Å². The molecule has 5 aliphatic rings. The fraction of sp³-hybridized carbons (Fsp3) is 0.769. The molecule has 192 valence electrons. The van der Waals surface area contributed by atoms with E-state index in [4.69, 9.17) is 13.9 Å². The molecule has 5 fully saturated rings. The minimum Gasteiger partial charge on any atom is -0.462 e. The van der Waals surface area contributed by atoms with Gasteiger partial charge >= 0.3 is 11.6 Å². The molecular weight excluding hydrogens is 456 g/mol. The summed E-state index contributed by atoms with van der Waals surface area (Å²) in [6.07, 6.45) is 0.333. The first-order valence-corrected chi connectivity index (χ1v) is 12.7. The molecule has 35 heavy (non-hydrogen) atoms. The molecule has 11 atom stereocenters. The second-order valence-electron chi connectivity index (χ2n) is 11.9. The average molecular weight is 491 g/mol. The fourth-order valence-electron chi connectivity index (χ4n) is 9.40. The lowest BCUT2D eigenvalue weighted by Crippen LogP contribution is -2.74. The van der Waals surface area contributed by atoms with Crippen molar-refractivity contribution in [1.29, 1.82) is 0 Å². The van der Waals surface area contributed by atoms with Gasteiger partial charge in [-0.25, -0.2) is 4.79 Å². The van der Waals surface area contributed by atoms with Crippen molar-refractivity contribution in [2.75, 3.05) is 0 Å². The monoisotopic (exact) mass is 490 g/mol. The van der Waals surface area contributed by atoms with Gasteiger partial charge in [0.1, 0.15) is 6.10 Å². The second-order valence-corrected chi connectivity index (χ2v) is 11.9. The summed E-state index contributed by atoms with van der Waals surface area (Å²) in [6, 6.07) is 3.15. The van der Waals surface area contributed by atoms with Gasteiger partial charge in [0, 0.05) is 37.2 Å². The van der Waals surface area contributed by atoms with Crippen LogP contribution in [-0.4, -0.2) is 62.2 Å². The minimum atomic E-state index is -1.49. The topological polar surface area (TPSA) is 147 Å². The Hall–Kier alpha value is -1.78. The van der Waals surface area contributed by atoms with Crippen LogP contribution in [0.5, 0.6) is 0 Å². The normalized spacial score (nSPS) is 52.3. The maximum Gasteiger partial charge on any atom is 0.335 e. The highest BCUT2D eigenvalue weighted by Gasteiger charge is 2.81. The minimum absolute atomic E-state index is 0.0580. The van der Waals surface area contributed by atoms with Gasteiger partial charge in [0.25, 0.3) is 0 Å². The molecule has 4 aliphatic carbocycles. The number of aliphatic hydroxyl groups is 4. The number of hydrogen-bond donors (Lipinski definition) is 4. The van der Waals surface area contributed by atoms with Crippen LogP contribution in [-0.2, 0) is 14.3 Å². The van der Waals surface area contributed by atoms with E-state index in [9.17, 15) is 30.0 Å². The van der Waals surface area contributed by atoms with E-state index in [1.165, 1.54) is 19.3 Å². The lowest BCUT2D eigenvalue weighted by Gasteiger charge is -2.66. The van der Waals surface area contributed by atoms with Crippen molar-refractivity contribution in [2.45, 2.75) is 101 Å². The third-order valence-corrected chi connectivity index (χ3v) is 10.6. The number of carbonyl (C=O) groups is 1. The molecule has 1 spiro atoms. The van der Waals surface area contributed by atoms with Crippen molar-refractivity contribution in [2.24, 2.45) is 22.7 Å². The molecule has 9 heteroatoms. The molecule has 0 bridgehead atoms. The zero-order chi connectivity index (χ0) is 25.0. The van der Waals surface area contributed by atoms with E-state index in [1.54, 1.807) is 6.07 Å². The zero-order valence-corrected chi connectivity index (χ0v) is 20.1. The fourth-order valence-corrected chi connectivity index (χ4v) is 9.40. The maximum atomic E-state index is 12.4. The quantitative estimate of drug-likeness (QED) is 0.449. The molecule has 6 rings (SSSR count). The first-order valence-electron chi connectivity index (χ1n) is 12.7. The standard InChI is InChI=1S/C26H34O9/c1-13(27)34-19-9-15(28)10-24(31)7-5-17-21-18(35-22(30)26(19,21)24)11-23(2)16(6-8-25(17,23)32)14-3-4-20(29)33-12-14/h3-4,12,15-19,21-22,28,30-32H,5-11H2,1-2H3/t15-,16+,17+,18+,19+,21+,22?,23+,24-,25-,26+/m0/s1. The number of esters is 1. The van der Waals surface area contributed by atoms with Crippen LogP contribution in [0.15, 0.2) is 27.6 Å². The Morgan fingerprint density at radius 1 is 1.14 bits per heavy atom. The predicted octanol–water partition coefficient (Wildman–Crippen LogP) is 1.21. The van der Waals surface area contributed by atoms with Crippen LogP contribution in [0, 0.1) is 22.7 Å². The number of rotatable bonds is 2. The van der Waals surface area contributed by atoms with Crippen LogP contribution < -0.4 is 5.63 Å². The first-order chi connectivity index (χ1) is 16.5. The van der Waals surface area contributed by atoms with Crippen molar-refractivity contribution in [3.63, 3.8) is 0 Å².